The van der Waals surface area contributed by atoms with E-state index in [0.29, 0.717) is 32.1 Å². The van der Waals surface area contributed by atoms with Gasteiger partial charge in [-0.15, -0.1) is 0 Å². The molecule has 0 aliphatic carbocycles. The molecule has 2 saturated heterocycles. The molecule has 0 aromatic rings. The van der Waals surface area contributed by atoms with Crippen LogP contribution in [0.25, 0.3) is 0 Å². The van der Waals surface area contributed by atoms with E-state index in [0.717, 1.165) is 13.1 Å². The molecule has 2 aliphatic rings. The Kier molecular flexibility index (Phi) is 5.08. The lowest BCUT2D eigenvalue weighted by Gasteiger charge is -2.32. The fourth-order valence-corrected chi connectivity index (χ4v) is 3.14. The molecule has 6 nitrogen and oxygen atoms in total. The van der Waals surface area contributed by atoms with E-state index in [1.165, 1.54) is 19.3 Å². The Morgan fingerprint density at radius 3 is 2.48 bits per heavy atom. The quantitative estimate of drug-likeness (QED) is 0.822. The van der Waals surface area contributed by atoms with Crippen LogP contribution < -0.4 is 5.32 Å². The molecule has 2 amide bonds. The molecule has 0 radical (unpaired) electrons. The summed E-state index contributed by atoms with van der Waals surface area (Å²) in [6, 6.07) is 0.201. The van der Waals surface area contributed by atoms with Gasteiger partial charge in [0, 0.05) is 25.7 Å². The van der Waals surface area contributed by atoms with E-state index in [9.17, 15) is 14.7 Å². The lowest BCUT2D eigenvalue weighted by Crippen LogP contribution is -2.48. The van der Waals surface area contributed by atoms with Crippen molar-refractivity contribution in [1.82, 2.24) is 15.1 Å². The molecule has 2 aliphatic heterocycles. The minimum atomic E-state index is -0.820. The zero-order chi connectivity index (χ0) is 15.5. The lowest BCUT2D eigenvalue weighted by atomic mass is 9.90. The highest BCUT2D eigenvalue weighted by molar-refractivity contribution is 5.79. The van der Waals surface area contributed by atoms with E-state index in [4.69, 9.17) is 0 Å². The summed E-state index contributed by atoms with van der Waals surface area (Å²) >= 11 is 0. The van der Waals surface area contributed by atoms with Gasteiger partial charge in [0.2, 0.25) is 0 Å². The maximum atomic E-state index is 12.1. The number of carbonyl (C=O) groups is 2. The number of amides is 2. The third-order valence-electron chi connectivity index (χ3n) is 4.84. The van der Waals surface area contributed by atoms with Gasteiger partial charge in [-0.2, -0.15) is 0 Å². The van der Waals surface area contributed by atoms with E-state index in [1.54, 1.807) is 11.8 Å². The van der Waals surface area contributed by atoms with E-state index < -0.39 is 11.4 Å². The maximum Gasteiger partial charge on any atom is 0.317 e. The predicted octanol–water partition coefficient (Wildman–Crippen LogP) is 1.37. The van der Waals surface area contributed by atoms with Gasteiger partial charge < -0.3 is 15.3 Å². The number of nitrogens with one attached hydrogen (secondary N) is 1. The summed E-state index contributed by atoms with van der Waals surface area (Å²) in [6.07, 6.45) is 4.30. The highest BCUT2D eigenvalue weighted by atomic mass is 16.4. The fraction of sp³-hybridized carbons (Fsp3) is 0.867. The summed E-state index contributed by atoms with van der Waals surface area (Å²) in [6.45, 7) is 7.50. The van der Waals surface area contributed by atoms with Crippen LogP contribution in [0, 0.1) is 5.41 Å². The van der Waals surface area contributed by atoms with Gasteiger partial charge in [-0.05, 0) is 46.2 Å². The van der Waals surface area contributed by atoms with Crippen LogP contribution in [0.2, 0.25) is 0 Å². The first-order valence-corrected chi connectivity index (χ1v) is 7.92. The van der Waals surface area contributed by atoms with Gasteiger partial charge in [0.05, 0.1) is 5.41 Å². The predicted molar refractivity (Wildman–Crippen MR) is 80.2 cm³/mol. The molecule has 2 fully saturated rings. The van der Waals surface area contributed by atoms with Crippen LogP contribution in [0.4, 0.5) is 4.79 Å². The Balaban J connectivity index is 1.76. The lowest BCUT2D eigenvalue weighted by molar-refractivity contribution is -0.147. The van der Waals surface area contributed by atoms with Crippen LogP contribution >= 0.6 is 0 Å². The van der Waals surface area contributed by atoms with Gasteiger partial charge in [0.15, 0.2) is 0 Å². The van der Waals surface area contributed by atoms with Crippen molar-refractivity contribution in [2.24, 2.45) is 5.41 Å². The van der Waals surface area contributed by atoms with E-state index in [2.05, 4.69) is 17.1 Å². The normalized spacial score (nSPS) is 28.4. The summed E-state index contributed by atoms with van der Waals surface area (Å²) in [5.41, 5.74) is -0.796. The number of piperidine rings is 1. The van der Waals surface area contributed by atoms with Crippen molar-refractivity contribution in [3.05, 3.63) is 0 Å². The first-order valence-electron chi connectivity index (χ1n) is 7.92. The standard InChI is InChI=1S/C15H27N3O3/c1-12(17-7-4-3-5-8-17)10-16-14(21)18-9-6-15(2,11-18)13(19)20/h12H,3-11H2,1-2H3,(H,16,21)(H,19,20). The average molecular weight is 297 g/mol. The van der Waals surface area contributed by atoms with Crippen LogP contribution in [0.5, 0.6) is 0 Å². The van der Waals surface area contributed by atoms with Crippen molar-refractivity contribution < 1.29 is 14.7 Å². The Morgan fingerprint density at radius 1 is 1.24 bits per heavy atom. The van der Waals surface area contributed by atoms with Gasteiger partial charge >= 0.3 is 12.0 Å². The number of urea groups is 1. The topological polar surface area (TPSA) is 72.9 Å². The molecule has 2 unspecified atom stereocenters. The average Bonchev–Trinajstić information content (AvgIpc) is 2.89. The Labute approximate surface area is 126 Å². The summed E-state index contributed by atoms with van der Waals surface area (Å²) in [7, 11) is 0. The maximum absolute atomic E-state index is 12.1. The molecule has 2 N–H and O–H groups in total. The highest BCUT2D eigenvalue weighted by Gasteiger charge is 2.42. The molecular weight excluding hydrogens is 270 g/mol. The first kappa shape index (κ1) is 16.1. The molecule has 2 heterocycles. The summed E-state index contributed by atoms with van der Waals surface area (Å²) < 4.78 is 0. The first-order chi connectivity index (χ1) is 9.92. The number of aliphatic carboxylic acids is 1. The zero-order valence-electron chi connectivity index (χ0n) is 13.1. The second-order valence-electron chi connectivity index (χ2n) is 6.67. The van der Waals surface area contributed by atoms with Crippen LogP contribution in [-0.2, 0) is 4.79 Å². The van der Waals surface area contributed by atoms with E-state index in [1.807, 2.05) is 0 Å². The van der Waals surface area contributed by atoms with Crippen molar-refractivity contribution in [3.8, 4) is 0 Å². The molecule has 0 spiro atoms. The molecule has 120 valence electrons. The summed E-state index contributed by atoms with van der Waals surface area (Å²) in [4.78, 5) is 27.4. The monoisotopic (exact) mass is 297 g/mol. The number of rotatable bonds is 4. The summed E-state index contributed by atoms with van der Waals surface area (Å²) in [5, 5.41) is 12.1. The smallest absolute Gasteiger partial charge is 0.317 e. The van der Waals surface area contributed by atoms with Gasteiger partial charge in [-0.25, -0.2) is 4.79 Å². The van der Waals surface area contributed by atoms with Gasteiger partial charge in [0.25, 0.3) is 0 Å². The number of likely N-dealkylation sites (tertiary alicyclic amines) is 2. The van der Waals surface area contributed by atoms with Gasteiger partial charge in [0.1, 0.15) is 0 Å². The number of carboxylic acids is 1. The van der Waals surface area contributed by atoms with E-state index in [-0.39, 0.29) is 6.03 Å². The van der Waals surface area contributed by atoms with Crippen molar-refractivity contribution in [1.29, 1.82) is 0 Å². The van der Waals surface area contributed by atoms with Gasteiger partial charge in [-0.3, -0.25) is 9.69 Å². The Bertz CT molecular complexity index is 396. The highest BCUT2D eigenvalue weighted by Crippen LogP contribution is 2.29. The molecule has 2 rings (SSSR count). The van der Waals surface area contributed by atoms with Crippen molar-refractivity contribution >= 4 is 12.0 Å². The van der Waals surface area contributed by atoms with Crippen LogP contribution in [-0.4, -0.2) is 65.7 Å². The third-order valence-corrected chi connectivity index (χ3v) is 4.84. The van der Waals surface area contributed by atoms with Crippen molar-refractivity contribution in [2.45, 2.75) is 45.6 Å². The molecule has 6 heteroatoms. The molecule has 0 aromatic heterocycles. The van der Waals surface area contributed by atoms with Crippen molar-refractivity contribution in [2.75, 3.05) is 32.7 Å². The molecular formula is C15H27N3O3. The van der Waals surface area contributed by atoms with Crippen LogP contribution in [0.15, 0.2) is 0 Å². The number of carboxylic acid groups (broad SMARTS) is 1. The van der Waals surface area contributed by atoms with Crippen LogP contribution in [0.3, 0.4) is 0 Å². The molecule has 0 saturated carbocycles. The second kappa shape index (κ2) is 6.64. The Morgan fingerprint density at radius 2 is 1.90 bits per heavy atom. The van der Waals surface area contributed by atoms with E-state index >= 15 is 0 Å². The minimum Gasteiger partial charge on any atom is -0.481 e. The molecule has 0 aromatic carbocycles. The number of carbonyl (C=O) groups excluding carboxylic acids is 1. The largest absolute Gasteiger partial charge is 0.481 e. The molecule has 21 heavy (non-hydrogen) atoms. The zero-order valence-corrected chi connectivity index (χ0v) is 13.1. The molecule has 2 atom stereocenters. The second-order valence-corrected chi connectivity index (χ2v) is 6.67. The summed E-state index contributed by atoms with van der Waals surface area (Å²) in [5.74, 6) is -0.820. The SMILES string of the molecule is CC(CNC(=O)N1CCC(C)(C(=O)O)C1)N1CCCCC1. The minimum absolute atomic E-state index is 0.135. The number of hydrogen-bond donors (Lipinski definition) is 2. The number of nitrogens with zero attached hydrogens (tertiary/aromatic N) is 2. The van der Waals surface area contributed by atoms with Crippen LogP contribution in [0.1, 0.15) is 39.5 Å². The molecule has 0 bridgehead atoms. The van der Waals surface area contributed by atoms with Gasteiger partial charge in [-0.1, -0.05) is 6.42 Å². The van der Waals surface area contributed by atoms with Crippen molar-refractivity contribution in [3.63, 3.8) is 0 Å². The Hall–Kier alpha value is -1.30. The number of hydrogen-bond acceptors (Lipinski definition) is 3. The third kappa shape index (κ3) is 3.87. The fourth-order valence-electron chi connectivity index (χ4n) is 3.14.